The Morgan fingerprint density at radius 3 is 2.04 bits per heavy atom. The quantitative estimate of drug-likeness (QED) is 0.175. The van der Waals surface area contributed by atoms with Gasteiger partial charge in [0.05, 0.1) is 46.7 Å². The number of hydrogen-bond acceptors (Lipinski definition) is 2. The Labute approximate surface area is 358 Å². The Kier molecular flexibility index (Phi) is 3.24. The zero-order chi connectivity index (χ0) is 59.5. The van der Waals surface area contributed by atoms with Crippen molar-refractivity contribution in [3.63, 3.8) is 0 Å². The van der Waals surface area contributed by atoms with E-state index in [-0.39, 0.29) is 44.5 Å². The van der Waals surface area contributed by atoms with E-state index in [1.165, 1.54) is 6.92 Å². The fourth-order valence-corrected chi connectivity index (χ4v) is 7.89. The van der Waals surface area contributed by atoms with Gasteiger partial charge in [-0.3, -0.25) is 0 Å². The molecule has 0 amide bonds. The molecule has 1 heterocycles. The van der Waals surface area contributed by atoms with E-state index >= 15 is 0 Å². The normalized spacial score (nSPS) is 22.7. The highest BCUT2D eigenvalue weighted by Gasteiger charge is 2.42. The van der Waals surface area contributed by atoms with Crippen LogP contribution in [0.2, 0.25) is 0 Å². The van der Waals surface area contributed by atoms with Gasteiger partial charge in [-0.1, -0.05) is 159 Å². The van der Waals surface area contributed by atoms with Crippen LogP contribution < -0.4 is 4.90 Å². The Bertz CT molecular complexity index is 4490. The lowest BCUT2D eigenvalue weighted by Gasteiger charge is -2.29. The minimum absolute atomic E-state index is 0.0193. The summed E-state index contributed by atoms with van der Waals surface area (Å²) in [5.74, 6) is 0. The fourth-order valence-electron chi connectivity index (χ4n) is 7.89. The molecule has 2 nitrogen and oxygen atoms in total. The topological polar surface area (TPSA) is 16.4 Å². The van der Waals surface area contributed by atoms with Crippen LogP contribution >= 0.6 is 0 Å². The molecule has 0 N–H and O–H groups in total. The van der Waals surface area contributed by atoms with Crippen LogP contribution in [0.15, 0.2) is 186 Å². The summed E-state index contributed by atoms with van der Waals surface area (Å²) in [6.45, 7) is 4.47. The fraction of sp³-hybridized carbons (Fsp3) is 0.0943. The van der Waals surface area contributed by atoms with Gasteiger partial charge in [0.15, 0.2) is 0 Å². The van der Waals surface area contributed by atoms with Gasteiger partial charge in [-0.15, -0.1) is 0 Å². The summed E-state index contributed by atoms with van der Waals surface area (Å²) in [6.07, 6.45) is 0. The molecular formula is C53H39NO. The average molecular weight is 732 g/mol. The minimum Gasteiger partial charge on any atom is -0.456 e. The Balaban J connectivity index is 1.34. The first-order valence-corrected chi connectivity index (χ1v) is 17.1. The molecule has 1 aromatic heterocycles. The van der Waals surface area contributed by atoms with Crippen molar-refractivity contribution in [2.45, 2.75) is 31.6 Å². The molecule has 1 atom stereocenters. The molecule has 0 saturated carbocycles. The zero-order valence-corrected chi connectivity index (χ0v) is 29.2. The van der Waals surface area contributed by atoms with Gasteiger partial charge in [-0.25, -0.2) is 0 Å². The lowest BCUT2D eigenvalue weighted by atomic mass is 9.74. The molecule has 2 aliphatic carbocycles. The molecule has 0 spiro atoms. The molecule has 1 unspecified atom stereocenters. The number of benzene rings is 8. The van der Waals surface area contributed by atoms with Crippen LogP contribution in [-0.2, 0) is 10.8 Å². The first kappa shape index (κ1) is 15.2. The molecule has 0 bridgehead atoms. The van der Waals surface area contributed by atoms with Gasteiger partial charge in [0.1, 0.15) is 11.2 Å². The Hall–Kier alpha value is -6.64. The van der Waals surface area contributed by atoms with Gasteiger partial charge in [0, 0.05) is 33.2 Å². The minimum atomic E-state index is -2.14. The lowest BCUT2D eigenvalue weighted by molar-refractivity contribution is 0.638. The molecule has 55 heavy (non-hydrogen) atoms. The van der Waals surface area contributed by atoms with Gasteiger partial charge >= 0.3 is 0 Å². The lowest BCUT2D eigenvalue weighted by Crippen LogP contribution is -2.22. The largest absolute Gasteiger partial charge is 0.456 e. The molecule has 262 valence electrons. The highest BCUT2D eigenvalue weighted by Crippen LogP contribution is 2.55. The van der Waals surface area contributed by atoms with Gasteiger partial charge in [0.25, 0.3) is 0 Å². The van der Waals surface area contributed by atoms with Crippen molar-refractivity contribution < 1.29 is 40.1 Å². The van der Waals surface area contributed by atoms with E-state index in [4.69, 9.17) is 23.6 Å². The number of fused-ring (bicyclic) bond motifs is 9. The predicted molar refractivity (Wildman–Crippen MR) is 229 cm³/mol. The maximum Gasteiger partial charge on any atom is 0.139 e. The average Bonchev–Trinajstić information content (AvgIpc) is 1.74. The Morgan fingerprint density at radius 2 is 1.16 bits per heavy atom. The predicted octanol–water partition coefficient (Wildman–Crippen LogP) is 14.4. The number of rotatable bonds is 5. The van der Waals surface area contributed by atoms with E-state index in [1.807, 2.05) is 0 Å². The summed E-state index contributed by atoms with van der Waals surface area (Å²) in [5, 5.41) is -1.00. The van der Waals surface area contributed by atoms with E-state index < -0.39 is 224 Å². The van der Waals surface area contributed by atoms with Gasteiger partial charge in [-0.05, 0) is 98.9 Å². The van der Waals surface area contributed by atoms with Crippen molar-refractivity contribution in [3.8, 4) is 33.4 Å². The second-order valence-corrected chi connectivity index (χ2v) is 13.8. The molecule has 11 rings (SSSR count). The first-order chi connectivity index (χ1) is 37.7. The number of hydrogen-bond donors (Lipinski definition) is 0. The van der Waals surface area contributed by atoms with E-state index in [1.54, 1.807) is 13.8 Å². The maximum atomic E-state index is 10.2. The van der Waals surface area contributed by atoms with E-state index in [9.17, 15) is 16.4 Å². The molecule has 2 heteroatoms. The van der Waals surface area contributed by atoms with Crippen molar-refractivity contribution in [2.24, 2.45) is 0 Å². The van der Waals surface area contributed by atoms with Gasteiger partial charge < -0.3 is 9.32 Å². The second kappa shape index (κ2) is 11.7. The van der Waals surface area contributed by atoms with Crippen LogP contribution in [0.1, 0.15) is 84.2 Å². The molecule has 9 aromatic rings. The number of para-hydroxylation sites is 1. The van der Waals surface area contributed by atoms with Crippen LogP contribution in [-0.4, -0.2) is 0 Å². The van der Waals surface area contributed by atoms with E-state index in [0.717, 1.165) is 29.2 Å². The Morgan fingerprint density at radius 1 is 0.491 bits per heavy atom. The second-order valence-electron chi connectivity index (χ2n) is 13.8. The first-order valence-electron chi connectivity index (χ1n) is 30.1. The molecule has 8 aromatic carbocycles. The van der Waals surface area contributed by atoms with Crippen LogP contribution in [0.3, 0.4) is 0 Å². The van der Waals surface area contributed by atoms with Crippen LogP contribution in [0.25, 0.3) is 55.3 Å². The van der Waals surface area contributed by atoms with Crippen molar-refractivity contribution >= 4 is 39.0 Å². The summed E-state index contributed by atoms with van der Waals surface area (Å²) >= 11 is 0. The maximum absolute atomic E-state index is 10.2. The van der Waals surface area contributed by atoms with Gasteiger partial charge in [0.2, 0.25) is 0 Å². The number of furan rings is 1. The standard InChI is InChI=1S/C53H39NO/c1-52(2)43-21-10-7-17-38(43)41-32-31-37(33-47(41)52)54(36-29-27-35(28-30-36)34-15-5-4-6-16-34)48-25-14-26-49-50(48)42-20-13-24-46(51(42)55-49)53(3)44-22-11-8-18-39(44)40-19-9-12-23-45(40)53/h4-33H,1-3H3/i4D,5D,7D,8D,9D,10D,11D,12D,13D,14D,15D,16D,17D,18D,19D,20D,21D,22D,24D,25D,26D,27D,28D,29D,32D,33D. The monoisotopic (exact) mass is 731 g/mol. The summed E-state index contributed by atoms with van der Waals surface area (Å²) in [4.78, 5) is 0.921. The number of anilines is 3. The molecule has 0 saturated heterocycles. The van der Waals surface area contributed by atoms with E-state index in [0.29, 0.717) is 0 Å². The SMILES string of the molecule is [2H]c1cc([2H])c(-c2c([2H])cc(N(c3cc([2H])c4c(c3[2H])C(C)(C)c3c([2H])c([2H])c([2H])c([2H])c3-4)c3c([2H])c([2H])c([2H])c4oc5c(C6(C)c7cc([2H])c([2H])c([2H])c7-c7c([2H])c([2H])c([2H])c([2H])c76)c([2H])c([2H])c([2H])c5c34)c([2H])c2[2H])c([2H])c1[2H]. The highest BCUT2D eigenvalue weighted by atomic mass is 16.3. The van der Waals surface area contributed by atoms with Crippen LogP contribution in [0, 0.1) is 0 Å². The summed E-state index contributed by atoms with van der Waals surface area (Å²) in [6, 6.07) is -13.8. The van der Waals surface area contributed by atoms with Crippen molar-refractivity contribution in [2.75, 3.05) is 4.90 Å². The molecule has 0 fully saturated rings. The smallest absolute Gasteiger partial charge is 0.139 e. The zero-order valence-electron chi connectivity index (χ0n) is 55.2. The summed E-state index contributed by atoms with van der Waals surface area (Å²) in [7, 11) is 0. The van der Waals surface area contributed by atoms with Crippen LogP contribution in [0.5, 0.6) is 0 Å². The van der Waals surface area contributed by atoms with Crippen molar-refractivity contribution in [1.82, 2.24) is 0 Å². The van der Waals surface area contributed by atoms with Crippen molar-refractivity contribution in [3.05, 3.63) is 209 Å². The molecule has 0 aliphatic heterocycles. The van der Waals surface area contributed by atoms with Crippen molar-refractivity contribution in [1.29, 1.82) is 0 Å². The van der Waals surface area contributed by atoms with Crippen LogP contribution in [0.4, 0.5) is 17.1 Å². The summed E-state index contributed by atoms with van der Waals surface area (Å²) in [5.41, 5.74) is -9.06. The molecular weight excluding hydrogens is 667 g/mol. The molecule has 0 radical (unpaired) electrons. The third-order valence-electron chi connectivity index (χ3n) is 10.5. The van der Waals surface area contributed by atoms with Gasteiger partial charge in [-0.2, -0.15) is 0 Å². The number of nitrogens with zero attached hydrogens (tertiary/aromatic N) is 1. The highest BCUT2D eigenvalue weighted by molar-refractivity contribution is 6.14. The van der Waals surface area contributed by atoms with E-state index in [2.05, 4.69) is 0 Å². The third kappa shape index (κ3) is 4.49. The molecule has 2 aliphatic rings. The summed E-state index contributed by atoms with van der Waals surface area (Å²) < 4.78 is 244. The third-order valence-corrected chi connectivity index (χ3v) is 10.5.